The van der Waals surface area contributed by atoms with Gasteiger partial charge in [-0.1, -0.05) is 29.6 Å². The zero-order valence-corrected chi connectivity index (χ0v) is 14.1. The van der Waals surface area contributed by atoms with Crippen molar-refractivity contribution in [2.75, 3.05) is 0 Å². The largest absolute Gasteiger partial charge is 0.443 e. The number of rotatable bonds is 5. The van der Waals surface area contributed by atoms with Gasteiger partial charge in [-0.2, -0.15) is 0 Å². The molecule has 0 aromatic carbocycles. The molecule has 1 aliphatic carbocycles. The van der Waals surface area contributed by atoms with Gasteiger partial charge in [-0.3, -0.25) is 0 Å². The van der Waals surface area contributed by atoms with E-state index in [-0.39, 0.29) is 18.7 Å². The third-order valence-electron chi connectivity index (χ3n) is 4.37. The molecule has 0 radical (unpaired) electrons. The van der Waals surface area contributed by atoms with Crippen LogP contribution >= 0.6 is 0 Å². The molecule has 2 aromatic rings. The van der Waals surface area contributed by atoms with E-state index in [4.69, 9.17) is 9.26 Å². The number of alkyl carbamates (subject to hydrolysis) is 1. The Morgan fingerprint density at radius 3 is 2.88 bits per heavy atom. The summed E-state index contributed by atoms with van der Waals surface area (Å²) in [4.78, 5) is 11.8. The van der Waals surface area contributed by atoms with Crippen LogP contribution < -0.4 is 5.32 Å². The molecule has 1 saturated carbocycles. The molecule has 8 heteroatoms. The van der Waals surface area contributed by atoms with Crippen molar-refractivity contribution in [3.8, 4) is 0 Å². The molecule has 1 amide bonds. The fraction of sp³-hybridized carbons (Fsp3) is 0.625. The predicted molar refractivity (Wildman–Crippen MR) is 85.3 cm³/mol. The lowest BCUT2D eigenvalue weighted by molar-refractivity contribution is 0.131. The van der Waals surface area contributed by atoms with Crippen LogP contribution in [-0.2, 0) is 17.9 Å². The summed E-state index contributed by atoms with van der Waals surface area (Å²) in [5.74, 6) is 0.771. The van der Waals surface area contributed by atoms with Gasteiger partial charge < -0.3 is 14.6 Å². The van der Waals surface area contributed by atoms with Crippen LogP contribution in [0.5, 0.6) is 0 Å². The molecule has 0 bridgehead atoms. The smallest absolute Gasteiger partial charge is 0.407 e. The van der Waals surface area contributed by atoms with E-state index in [0.717, 1.165) is 29.9 Å². The molecule has 1 aliphatic rings. The summed E-state index contributed by atoms with van der Waals surface area (Å²) in [7, 11) is 0. The third kappa shape index (κ3) is 4.12. The van der Waals surface area contributed by atoms with E-state index in [1.165, 1.54) is 19.3 Å². The van der Waals surface area contributed by atoms with Crippen molar-refractivity contribution in [1.82, 2.24) is 25.5 Å². The first-order chi connectivity index (χ1) is 11.6. The van der Waals surface area contributed by atoms with Gasteiger partial charge in [0.2, 0.25) is 0 Å². The molecule has 0 unspecified atom stereocenters. The van der Waals surface area contributed by atoms with Gasteiger partial charge in [0, 0.05) is 11.6 Å². The molecule has 0 spiro atoms. The minimum atomic E-state index is -0.387. The zero-order chi connectivity index (χ0) is 16.9. The number of nitrogens with one attached hydrogen (secondary N) is 1. The highest BCUT2D eigenvalue weighted by molar-refractivity contribution is 5.67. The Morgan fingerprint density at radius 1 is 1.38 bits per heavy atom. The number of nitrogens with zero attached hydrogens (tertiary/aromatic N) is 4. The summed E-state index contributed by atoms with van der Waals surface area (Å²) in [6.45, 7) is 4.40. The van der Waals surface area contributed by atoms with Gasteiger partial charge in [0.15, 0.2) is 0 Å². The molecule has 8 nitrogen and oxygen atoms in total. The van der Waals surface area contributed by atoms with Gasteiger partial charge in [0.1, 0.15) is 18.1 Å². The number of aryl methyl sites for hydroxylation is 2. The topological polar surface area (TPSA) is 95.1 Å². The highest BCUT2D eigenvalue weighted by Crippen LogP contribution is 2.17. The highest BCUT2D eigenvalue weighted by Gasteiger charge is 2.17. The number of amides is 1. The summed E-state index contributed by atoms with van der Waals surface area (Å²) in [6.07, 6.45) is 7.02. The standard InChI is InChI=1S/C16H23N5O3/c1-11-15(12(2)24-19-11)9-21-8-14(18-20-21)10-23-16(22)17-13-6-4-3-5-7-13/h8,13H,3-7,9-10H2,1-2H3,(H,17,22). The van der Waals surface area contributed by atoms with E-state index < -0.39 is 0 Å². The number of hydrogen-bond acceptors (Lipinski definition) is 6. The summed E-state index contributed by atoms with van der Waals surface area (Å²) in [5, 5.41) is 14.9. The van der Waals surface area contributed by atoms with Crippen LogP contribution in [0.4, 0.5) is 4.79 Å². The lowest BCUT2D eigenvalue weighted by atomic mass is 9.96. The van der Waals surface area contributed by atoms with E-state index >= 15 is 0 Å². The lowest BCUT2D eigenvalue weighted by Crippen LogP contribution is -2.36. The molecular weight excluding hydrogens is 310 g/mol. The number of ether oxygens (including phenoxy) is 1. The maximum Gasteiger partial charge on any atom is 0.407 e. The lowest BCUT2D eigenvalue weighted by Gasteiger charge is -2.22. The van der Waals surface area contributed by atoms with Gasteiger partial charge in [-0.15, -0.1) is 5.10 Å². The Kier molecular flexibility index (Phi) is 5.12. The number of carbonyl (C=O) groups is 1. The Bertz CT molecular complexity index is 668. The molecule has 130 valence electrons. The van der Waals surface area contributed by atoms with E-state index in [2.05, 4.69) is 20.8 Å². The molecule has 0 atom stereocenters. The second-order valence-corrected chi connectivity index (χ2v) is 6.27. The van der Waals surface area contributed by atoms with Crippen molar-refractivity contribution >= 4 is 6.09 Å². The summed E-state index contributed by atoms with van der Waals surface area (Å²) in [6, 6.07) is 0.237. The van der Waals surface area contributed by atoms with Gasteiger partial charge in [0.25, 0.3) is 0 Å². The predicted octanol–water partition coefficient (Wildman–Crippen LogP) is 2.49. The van der Waals surface area contributed by atoms with E-state index in [1.807, 2.05) is 13.8 Å². The van der Waals surface area contributed by atoms with Crippen LogP contribution in [-0.4, -0.2) is 32.3 Å². The normalized spacial score (nSPS) is 15.4. The van der Waals surface area contributed by atoms with Crippen LogP contribution in [0.3, 0.4) is 0 Å². The second kappa shape index (κ2) is 7.46. The monoisotopic (exact) mass is 333 g/mol. The zero-order valence-electron chi connectivity index (χ0n) is 14.1. The van der Waals surface area contributed by atoms with E-state index in [1.54, 1.807) is 10.9 Å². The summed E-state index contributed by atoms with van der Waals surface area (Å²) < 4.78 is 12.1. The molecule has 0 aliphatic heterocycles. The van der Waals surface area contributed by atoms with Crippen molar-refractivity contribution < 1.29 is 14.1 Å². The Hall–Kier alpha value is -2.38. The van der Waals surface area contributed by atoms with Crippen LogP contribution in [0.15, 0.2) is 10.7 Å². The first-order valence-electron chi connectivity index (χ1n) is 8.36. The Labute approximate surface area is 140 Å². The van der Waals surface area contributed by atoms with Gasteiger partial charge >= 0.3 is 6.09 Å². The first kappa shape index (κ1) is 16.5. The van der Waals surface area contributed by atoms with E-state index in [9.17, 15) is 4.79 Å². The average Bonchev–Trinajstić information content (AvgIpc) is 3.16. The molecule has 1 N–H and O–H groups in total. The molecule has 1 fully saturated rings. The van der Waals surface area contributed by atoms with Crippen molar-refractivity contribution in [3.05, 3.63) is 28.9 Å². The van der Waals surface area contributed by atoms with Crippen LogP contribution in [0.2, 0.25) is 0 Å². The minimum Gasteiger partial charge on any atom is -0.443 e. The fourth-order valence-electron chi connectivity index (χ4n) is 2.97. The number of aromatic nitrogens is 4. The molecule has 2 aromatic heterocycles. The van der Waals surface area contributed by atoms with Gasteiger partial charge in [0.05, 0.1) is 18.4 Å². The molecular formula is C16H23N5O3. The maximum absolute atomic E-state index is 11.8. The van der Waals surface area contributed by atoms with Crippen LogP contribution in [0, 0.1) is 13.8 Å². The van der Waals surface area contributed by atoms with Crippen LogP contribution in [0.1, 0.15) is 54.8 Å². The second-order valence-electron chi connectivity index (χ2n) is 6.27. The van der Waals surface area contributed by atoms with Crippen LogP contribution in [0.25, 0.3) is 0 Å². The quantitative estimate of drug-likeness (QED) is 0.903. The molecule has 3 rings (SSSR count). The first-order valence-corrected chi connectivity index (χ1v) is 8.36. The SMILES string of the molecule is Cc1noc(C)c1Cn1cc(COC(=O)NC2CCCCC2)nn1. The Morgan fingerprint density at radius 2 is 2.17 bits per heavy atom. The molecule has 24 heavy (non-hydrogen) atoms. The Balaban J connectivity index is 1.48. The van der Waals surface area contributed by atoms with E-state index in [0.29, 0.717) is 12.2 Å². The highest BCUT2D eigenvalue weighted by atomic mass is 16.5. The van der Waals surface area contributed by atoms with Gasteiger partial charge in [-0.25, -0.2) is 9.48 Å². The summed E-state index contributed by atoms with van der Waals surface area (Å²) >= 11 is 0. The number of carbonyl (C=O) groups excluding carboxylic acids is 1. The van der Waals surface area contributed by atoms with Gasteiger partial charge in [-0.05, 0) is 26.7 Å². The number of hydrogen-bond donors (Lipinski definition) is 1. The van der Waals surface area contributed by atoms with Crippen molar-refractivity contribution in [2.45, 2.75) is 65.1 Å². The molecule has 2 heterocycles. The fourth-order valence-corrected chi connectivity index (χ4v) is 2.97. The third-order valence-corrected chi connectivity index (χ3v) is 4.37. The van der Waals surface area contributed by atoms with Crippen molar-refractivity contribution in [2.24, 2.45) is 0 Å². The average molecular weight is 333 g/mol. The summed E-state index contributed by atoms with van der Waals surface area (Å²) in [5.41, 5.74) is 2.44. The molecule has 0 saturated heterocycles. The minimum absolute atomic E-state index is 0.111. The van der Waals surface area contributed by atoms with Crippen molar-refractivity contribution in [1.29, 1.82) is 0 Å². The van der Waals surface area contributed by atoms with Crippen molar-refractivity contribution in [3.63, 3.8) is 0 Å². The maximum atomic E-state index is 11.8.